The van der Waals surface area contributed by atoms with Crippen LogP contribution < -0.4 is 15.5 Å². The normalized spacial score (nSPS) is 10.4. The van der Waals surface area contributed by atoms with Gasteiger partial charge >= 0.3 is 0 Å². The van der Waals surface area contributed by atoms with Crippen molar-refractivity contribution in [3.63, 3.8) is 0 Å². The number of phenols is 1. The molecule has 0 aliphatic carbocycles. The second-order valence-electron chi connectivity index (χ2n) is 5.95. The van der Waals surface area contributed by atoms with Gasteiger partial charge in [-0.3, -0.25) is 9.59 Å². The molecule has 2 amide bonds. The molecule has 2 rings (SSSR count). The predicted molar refractivity (Wildman–Crippen MR) is 110 cm³/mol. The summed E-state index contributed by atoms with van der Waals surface area (Å²) in [4.78, 5) is 24.7. The summed E-state index contributed by atoms with van der Waals surface area (Å²) in [6.07, 6.45) is 1.40. The van der Waals surface area contributed by atoms with Gasteiger partial charge in [0.1, 0.15) is 5.70 Å². The van der Waals surface area contributed by atoms with Crippen LogP contribution in [0, 0.1) is 0 Å². The number of hydrogen-bond acceptors (Lipinski definition) is 5. The maximum atomic E-state index is 12.4. The highest BCUT2D eigenvalue weighted by molar-refractivity contribution is 9.10. The highest BCUT2D eigenvalue weighted by Gasteiger charge is 2.15. The molecule has 8 heteroatoms. The molecule has 146 valence electrons. The number of hydrazone groups is 1. The van der Waals surface area contributed by atoms with Crippen LogP contribution in [0.3, 0.4) is 0 Å². The van der Waals surface area contributed by atoms with Crippen LogP contribution in [0.2, 0.25) is 0 Å². The Kier molecular flexibility index (Phi) is 7.34. The van der Waals surface area contributed by atoms with E-state index in [4.69, 9.17) is 4.74 Å². The van der Waals surface area contributed by atoms with E-state index in [1.54, 1.807) is 56.3 Å². The minimum Gasteiger partial charge on any atom is -0.503 e. The van der Waals surface area contributed by atoms with Gasteiger partial charge in [-0.2, -0.15) is 5.10 Å². The summed E-state index contributed by atoms with van der Waals surface area (Å²) < 4.78 is 5.50. The van der Waals surface area contributed by atoms with Gasteiger partial charge in [-0.25, -0.2) is 5.43 Å². The van der Waals surface area contributed by atoms with E-state index in [9.17, 15) is 14.7 Å². The Morgan fingerprint density at radius 3 is 2.46 bits per heavy atom. The quantitative estimate of drug-likeness (QED) is 0.360. The fourth-order valence-corrected chi connectivity index (χ4v) is 2.69. The third-order valence-electron chi connectivity index (χ3n) is 3.65. The monoisotopic (exact) mass is 445 g/mol. The van der Waals surface area contributed by atoms with E-state index >= 15 is 0 Å². The van der Waals surface area contributed by atoms with E-state index in [1.807, 2.05) is 0 Å². The number of carbonyl (C=O) groups excluding carboxylic acids is 2. The second kappa shape index (κ2) is 9.70. The minimum absolute atomic E-state index is 0.0286. The number of hydrogen-bond donors (Lipinski definition) is 3. The molecule has 0 aliphatic heterocycles. The molecule has 0 saturated heterocycles. The molecule has 28 heavy (non-hydrogen) atoms. The van der Waals surface area contributed by atoms with E-state index in [0.29, 0.717) is 21.2 Å². The zero-order chi connectivity index (χ0) is 20.7. The van der Waals surface area contributed by atoms with Crippen LogP contribution >= 0.6 is 15.9 Å². The van der Waals surface area contributed by atoms with Crippen molar-refractivity contribution in [1.29, 1.82) is 0 Å². The third-order valence-corrected chi connectivity index (χ3v) is 4.26. The smallest absolute Gasteiger partial charge is 0.287 e. The zero-order valence-corrected chi connectivity index (χ0v) is 17.2. The molecule has 0 spiro atoms. The van der Waals surface area contributed by atoms with E-state index in [2.05, 4.69) is 31.8 Å². The number of nitrogens with one attached hydrogen (secondary N) is 2. The molecule has 0 fully saturated rings. The number of amides is 2. The number of phenolic OH excluding ortho intramolecular Hbond substituents is 1. The molecule has 0 bridgehead atoms. The molecule has 7 nitrogen and oxygen atoms in total. The SMILES string of the molecule is COc1cc(/C=N/NC(=O)C(NC(=O)c2ccccc2)=C(C)C)cc(Br)c1O. The zero-order valence-electron chi connectivity index (χ0n) is 15.6. The third kappa shape index (κ3) is 5.43. The van der Waals surface area contributed by atoms with Gasteiger partial charge in [-0.15, -0.1) is 0 Å². The first-order chi connectivity index (χ1) is 13.3. The second-order valence-corrected chi connectivity index (χ2v) is 6.80. The van der Waals surface area contributed by atoms with Gasteiger partial charge < -0.3 is 15.2 Å². The Morgan fingerprint density at radius 1 is 1.18 bits per heavy atom. The van der Waals surface area contributed by atoms with Crippen molar-refractivity contribution in [3.8, 4) is 11.5 Å². The summed E-state index contributed by atoms with van der Waals surface area (Å²) in [6.45, 7) is 3.43. The molecule has 0 radical (unpaired) electrons. The van der Waals surface area contributed by atoms with Crippen molar-refractivity contribution in [2.24, 2.45) is 5.10 Å². The van der Waals surface area contributed by atoms with Crippen molar-refractivity contribution in [3.05, 3.63) is 69.3 Å². The Labute approximate surface area is 171 Å². The van der Waals surface area contributed by atoms with Crippen LogP contribution in [0.4, 0.5) is 0 Å². The number of rotatable bonds is 6. The average Bonchev–Trinajstić information content (AvgIpc) is 2.68. The highest BCUT2D eigenvalue weighted by atomic mass is 79.9. The molecule has 2 aromatic carbocycles. The molecule has 0 aliphatic rings. The summed E-state index contributed by atoms with van der Waals surface area (Å²) in [5, 5.41) is 16.3. The van der Waals surface area contributed by atoms with E-state index in [0.717, 1.165) is 0 Å². The van der Waals surface area contributed by atoms with Crippen molar-refractivity contribution in [1.82, 2.24) is 10.7 Å². The van der Waals surface area contributed by atoms with Crippen molar-refractivity contribution < 1.29 is 19.4 Å². The van der Waals surface area contributed by atoms with Crippen LogP contribution in [-0.2, 0) is 4.79 Å². The number of methoxy groups -OCH3 is 1. The number of aromatic hydroxyl groups is 1. The standard InChI is InChI=1S/C20H20BrN3O4/c1-12(2)17(23-19(26)14-7-5-4-6-8-14)20(27)24-22-11-13-9-15(21)18(25)16(10-13)28-3/h4-11,25H,1-3H3,(H,23,26)(H,24,27)/b22-11+. The van der Waals surface area contributed by atoms with E-state index in [-0.39, 0.29) is 23.1 Å². The lowest BCUT2D eigenvalue weighted by molar-refractivity contribution is -0.117. The first-order valence-electron chi connectivity index (χ1n) is 8.27. The van der Waals surface area contributed by atoms with Gasteiger partial charge in [0, 0.05) is 5.56 Å². The van der Waals surface area contributed by atoms with Crippen LogP contribution in [0.15, 0.2) is 63.3 Å². The van der Waals surface area contributed by atoms with Gasteiger partial charge in [-0.1, -0.05) is 18.2 Å². The van der Waals surface area contributed by atoms with Crippen molar-refractivity contribution in [2.45, 2.75) is 13.8 Å². The van der Waals surface area contributed by atoms with Gasteiger partial charge in [0.2, 0.25) is 0 Å². The summed E-state index contributed by atoms with van der Waals surface area (Å²) in [5.74, 6) is -0.699. The van der Waals surface area contributed by atoms with Crippen molar-refractivity contribution >= 4 is 34.0 Å². The molecular weight excluding hydrogens is 426 g/mol. The predicted octanol–water partition coefficient (Wildman–Crippen LogP) is 3.34. The van der Waals surface area contributed by atoms with Gasteiger partial charge in [0.05, 0.1) is 17.8 Å². The maximum Gasteiger partial charge on any atom is 0.287 e. The molecule has 0 saturated carbocycles. The molecule has 0 aromatic heterocycles. The molecular formula is C20H20BrN3O4. The van der Waals surface area contributed by atoms with Crippen LogP contribution in [0.25, 0.3) is 0 Å². The molecule has 3 N–H and O–H groups in total. The first kappa shape index (κ1) is 21.2. The van der Waals surface area contributed by atoms with Crippen LogP contribution in [-0.4, -0.2) is 30.2 Å². The van der Waals surface area contributed by atoms with Crippen LogP contribution in [0.1, 0.15) is 29.8 Å². The largest absolute Gasteiger partial charge is 0.503 e. The maximum absolute atomic E-state index is 12.4. The fourth-order valence-electron chi connectivity index (χ4n) is 2.23. The topological polar surface area (TPSA) is 100 Å². The highest BCUT2D eigenvalue weighted by Crippen LogP contribution is 2.34. The first-order valence-corrected chi connectivity index (χ1v) is 9.06. The Morgan fingerprint density at radius 2 is 1.86 bits per heavy atom. The Bertz CT molecular complexity index is 936. The van der Waals surface area contributed by atoms with E-state index in [1.165, 1.54) is 13.3 Å². The van der Waals surface area contributed by atoms with Crippen LogP contribution in [0.5, 0.6) is 11.5 Å². The number of benzene rings is 2. The number of carbonyl (C=O) groups is 2. The molecule has 0 unspecified atom stereocenters. The minimum atomic E-state index is -0.551. The van der Waals surface area contributed by atoms with Gasteiger partial charge in [-0.05, 0) is 65.2 Å². The number of allylic oxidation sites excluding steroid dienone is 1. The van der Waals surface area contributed by atoms with Gasteiger partial charge in [0.15, 0.2) is 11.5 Å². The summed E-state index contributed by atoms with van der Waals surface area (Å²) in [6, 6.07) is 11.8. The van der Waals surface area contributed by atoms with E-state index < -0.39 is 5.91 Å². The number of halogens is 1. The molecule has 2 aromatic rings. The average molecular weight is 446 g/mol. The Balaban J connectivity index is 2.09. The molecule has 0 heterocycles. The molecule has 0 atom stereocenters. The number of ether oxygens (including phenoxy) is 1. The summed E-state index contributed by atoms with van der Waals surface area (Å²) >= 11 is 3.22. The summed E-state index contributed by atoms with van der Waals surface area (Å²) in [7, 11) is 1.43. The van der Waals surface area contributed by atoms with Gasteiger partial charge in [0.25, 0.3) is 11.8 Å². The summed E-state index contributed by atoms with van der Waals surface area (Å²) in [5.41, 5.74) is 4.17. The lowest BCUT2D eigenvalue weighted by Crippen LogP contribution is -2.33. The lowest BCUT2D eigenvalue weighted by Gasteiger charge is -2.10. The number of nitrogens with zero attached hydrogens (tertiary/aromatic N) is 1. The fraction of sp³-hybridized carbons (Fsp3) is 0.150. The lowest BCUT2D eigenvalue weighted by atomic mass is 10.2. The Hall–Kier alpha value is -3.13. The van der Waals surface area contributed by atoms with Crippen molar-refractivity contribution in [2.75, 3.05) is 7.11 Å².